The highest BCUT2D eigenvalue weighted by Crippen LogP contribution is 2.27. The van der Waals surface area contributed by atoms with E-state index >= 15 is 0 Å². The predicted molar refractivity (Wildman–Crippen MR) is 80.5 cm³/mol. The zero-order chi connectivity index (χ0) is 14.7. The van der Waals surface area contributed by atoms with E-state index in [2.05, 4.69) is 10.2 Å². The lowest BCUT2D eigenvalue weighted by molar-refractivity contribution is 0.112. The molecule has 4 heteroatoms. The van der Waals surface area contributed by atoms with Gasteiger partial charge in [-0.2, -0.15) is 0 Å². The Morgan fingerprint density at radius 2 is 2.10 bits per heavy atom. The number of halogens is 2. The van der Waals surface area contributed by atoms with E-state index in [0.29, 0.717) is 12.1 Å². The zero-order valence-electron chi connectivity index (χ0n) is 12.4. The van der Waals surface area contributed by atoms with Crippen molar-refractivity contribution < 1.29 is 8.78 Å². The van der Waals surface area contributed by atoms with Crippen LogP contribution in [0, 0.1) is 0 Å². The van der Waals surface area contributed by atoms with Gasteiger partial charge in [0, 0.05) is 24.2 Å². The largest absolute Gasteiger partial charge is 0.312 e. The van der Waals surface area contributed by atoms with Crippen LogP contribution in [-0.2, 0) is 6.54 Å². The molecule has 116 valence electrons. The van der Waals surface area contributed by atoms with Gasteiger partial charge in [-0.3, -0.25) is 4.90 Å². The zero-order valence-corrected chi connectivity index (χ0v) is 12.4. The molecule has 1 aromatic carbocycles. The maximum absolute atomic E-state index is 12.8. The maximum Gasteiger partial charge on any atom is 0.263 e. The highest BCUT2D eigenvalue weighted by Gasteiger charge is 2.31. The van der Waals surface area contributed by atoms with E-state index in [-0.39, 0.29) is 5.56 Å². The summed E-state index contributed by atoms with van der Waals surface area (Å²) in [5.74, 6) is 0. The normalized spacial score (nSPS) is 27.4. The SMILES string of the molecule is FC(F)c1cccc(CN2CCCCC2C2CCCN2)c1. The minimum atomic E-state index is -2.38. The van der Waals surface area contributed by atoms with E-state index in [1.165, 1.54) is 38.2 Å². The Morgan fingerprint density at radius 3 is 2.86 bits per heavy atom. The van der Waals surface area contributed by atoms with Crippen LogP contribution in [0.1, 0.15) is 49.7 Å². The van der Waals surface area contributed by atoms with Crippen molar-refractivity contribution in [3.63, 3.8) is 0 Å². The molecule has 1 aromatic rings. The third-order valence-electron chi connectivity index (χ3n) is 4.82. The van der Waals surface area contributed by atoms with Gasteiger partial charge in [0.15, 0.2) is 0 Å². The van der Waals surface area contributed by atoms with Crippen molar-refractivity contribution in [1.29, 1.82) is 0 Å². The molecule has 0 saturated carbocycles. The van der Waals surface area contributed by atoms with E-state index in [9.17, 15) is 8.78 Å². The van der Waals surface area contributed by atoms with E-state index in [0.717, 1.165) is 25.2 Å². The van der Waals surface area contributed by atoms with Crippen LogP contribution in [0.3, 0.4) is 0 Å². The fourth-order valence-electron chi connectivity index (χ4n) is 3.77. The smallest absolute Gasteiger partial charge is 0.263 e. The van der Waals surface area contributed by atoms with Crippen LogP contribution < -0.4 is 5.32 Å². The van der Waals surface area contributed by atoms with Crippen LogP contribution in [0.15, 0.2) is 24.3 Å². The summed E-state index contributed by atoms with van der Waals surface area (Å²) in [4.78, 5) is 2.50. The van der Waals surface area contributed by atoms with Gasteiger partial charge in [-0.05, 0) is 50.4 Å². The second-order valence-corrected chi connectivity index (χ2v) is 6.28. The number of nitrogens with one attached hydrogen (secondary N) is 1. The molecule has 0 aromatic heterocycles. The monoisotopic (exact) mass is 294 g/mol. The fraction of sp³-hybridized carbons (Fsp3) is 0.647. The molecule has 0 aliphatic carbocycles. The molecule has 2 atom stereocenters. The van der Waals surface area contributed by atoms with Crippen LogP contribution in [0.2, 0.25) is 0 Å². The summed E-state index contributed by atoms with van der Waals surface area (Å²) in [6.45, 7) is 3.00. The third-order valence-corrected chi connectivity index (χ3v) is 4.82. The first-order chi connectivity index (χ1) is 10.2. The van der Waals surface area contributed by atoms with Crippen LogP contribution in [0.25, 0.3) is 0 Å². The van der Waals surface area contributed by atoms with Gasteiger partial charge in [-0.25, -0.2) is 8.78 Å². The quantitative estimate of drug-likeness (QED) is 0.910. The third kappa shape index (κ3) is 3.61. The molecule has 0 spiro atoms. The molecule has 2 aliphatic heterocycles. The average Bonchev–Trinajstić information content (AvgIpc) is 3.02. The Kier molecular flexibility index (Phi) is 4.86. The van der Waals surface area contributed by atoms with Crippen molar-refractivity contribution in [2.24, 2.45) is 0 Å². The molecular formula is C17H24F2N2. The number of hydrogen-bond acceptors (Lipinski definition) is 2. The van der Waals surface area contributed by atoms with Crippen LogP contribution in [-0.4, -0.2) is 30.1 Å². The number of piperidine rings is 1. The van der Waals surface area contributed by atoms with E-state index in [4.69, 9.17) is 0 Å². The number of hydrogen-bond donors (Lipinski definition) is 1. The van der Waals surface area contributed by atoms with Crippen molar-refractivity contribution >= 4 is 0 Å². The molecule has 0 amide bonds. The lowest BCUT2D eigenvalue weighted by Crippen LogP contribution is -2.49. The van der Waals surface area contributed by atoms with Gasteiger partial charge in [0.2, 0.25) is 0 Å². The maximum atomic E-state index is 12.8. The summed E-state index contributed by atoms with van der Waals surface area (Å²) >= 11 is 0. The van der Waals surface area contributed by atoms with Gasteiger partial charge < -0.3 is 5.32 Å². The topological polar surface area (TPSA) is 15.3 Å². The molecule has 1 N–H and O–H groups in total. The molecule has 21 heavy (non-hydrogen) atoms. The summed E-state index contributed by atoms with van der Waals surface area (Å²) in [7, 11) is 0. The van der Waals surface area contributed by atoms with Gasteiger partial charge in [0.05, 0.1) is 0 Å². The molecule has 2 fully saturated rings. The van der Waals surface area contributed by atoms with Crippen molar-refractivity contribution in [2.75, 3.05) is 13.1 Å². The van der Waals surface area contributed by atoms with Crippen LogP contribution in [0.4, 0.5) is 8.78 Å². The minimum Gasteiger partial charge on any atom is -0.312 e. The van der Waals surface area contributed by atoms with Crippen molar-refractivity contribution in [2.45, 2.75) is 57.2 Å². The van der Waals surface area contributed by atoms with Crippen LogP contribution >= 0.6 is 0 Å². The van der Waals surface area contributed by atoms with Gasteiger partial charge in [0.25, 0.3) is 6.43 Å². The molecule has 2 saturated heterocycles. The summed E-state index contributed by atoms with van der Waals surface area (Å²) < 4.78 is 25.6. The van der Waals surface area contributed by atoms with Gasteiger partial charge in [-0.15, -0.1) is 0 Å². The first-order valence-corrected chi connectivity index (χ1v) is 8.08. The molecule has 2 nitrogen and oxygen atoms in total. The number of nitrogens with zero attached hydrogens (tertiary/aromatic N) is 1. The van der Waals surface area contributed by atoms with Crippen molar-refractivity contribution in [3.8, 4) is 0 Å². The minimum absolute atomic E-state index is 0.139. The Hall–Kier alpha value is -1.00. The first kappa shape index (κ1) is 14.9. The van der Waals surface area contributed by atoms with Crippen molar-refractivity contribution in [1.82, 2.24) is 10.2 Å². The highest BCUT2D eigenvalue weighted by atomic mass is 19.3. The van der Waals surface area contributed by atoms with E-state index < -0.39 is 6.43 Å². The van der Waals surface area contributed by atoms with Crippen molar-refractivity contribution in [3.05, 3.63) is 35.4 Å². The van der Waals surface area contributed by atoms with Gasteiger partial charge in [-0.1, -0.05) is 24.6 Å². The number of rotatable bonds is 4. The fourth-order valence-corrected chi connectivity index (χ4v) is 3.77. The van der Waals surface area contributed by atoms with E-state index in [1.807, 2.05) is 6.07 Å². The lowest BCUT2D eigenvalue weighted by atomic mass is 9.94. The average molecular weight is 294 g/mol. The molecule has 2 heterocycles. The Balaban J connectivity index is 1.70. The van der Waals surface area contributed by atoms with E-state index in [1.54, 1.807) is 12.1 Å². The standard InChI is InChI=1S/C17H24F2N2/c18-17(19)14-6-3-5-13(11-14)12-21-10-2-1-8-16(21)15-7-4-9-20-15/h3,5-6,11,15-17,20H,1-2,4,7-10,12H2. The number of benzene rings is 1. The Labute approximate surface area is 125 Å². The molecule has 2 unspecified atom stereocenters. The number of likely N-dealkylation sites (tertiary alicyclic amines) is 1. The predicted octanol–water partition coefficient (Wildman–Crippen LogP) is 3.73. The Bertz CT molecular complexity index is 458. The Morgan fingerprint density at radius 1 is 1.19 bits per heavy atom. The molecule has 0 radical (unpaired) electrons. The molecule has 2 aliphatic rings. The second kappa shape index (κ2) is 6.84. The summed E-state index contributed by atoms with van der Waals surface area (Å²) in [5, 5.41) is 3.61. The highest BCUT2D eigenvalue weighted by molar-refractivity contribution is 5.24. The molecule has 3 rings (SSSR count). The van der Waals surface area contributed by atoms with Crippen LogP contribution in [0.5, 0.6) is 0 Å². The summed E-state index contributed by atoms with van der Waals surface area (Å²) in [5.41, 5.74) is 1.15. The summed E-state index contributed by atoms with van der Waals surface area (Å²) in [6, 6.07) is 8.06. The summed E-state index contributed by atoms with van der Waals surface area (Å²) in [6.07, 6.45) is 3.87. The molecule has 0 bridgehead atoms. The lowest BCUT2D eigenvalue weighted by Gasteiger charge is -2.39. The van der Waals surface area contributed by atoms with Gasteiger partial charge in [0.1, 0.15) is 0 Å². The number of alkyl halides is 2. The second-order valence-electron chi connectivity index (χ2n) is 6.28. The first-order valence-electron chi connectivity index (χ1n) is 8.08. The van der Waals surface area contributed by atoms with Gasteiger partial charge >= 0.3 is 0 Å². The molecular weight excluding hydrogens is 270 g/mol.